The maximum atomic E-state index is 12.2. The van der Waals surface area contributed by atoms with Gasteiger partial charge in [-0.05, 0) is 12.8 Å². The minimum atomic E-state index is 0.00287. The first-order chi connectivity index (χ1) is 7.74. The van der Waals surface area contributed by atoms with Crippen molar-refractivity contribution in [2.45, 2.75) is 32.7 Å². The van der Waals surface area contributed by atoms with E-state index < -0.39 is 0 Å². The number of alkyl halides is 1. The molecule has 0 bridgehead atoms. The molecule has 0 aliphatic carbocycles. The van der Waals surface area contributed by atoms with Crippen LogP contribution in [0, 0.1) is 0 Å². The molecule has 0 aromatic carbocycles. The van der Waals surface area contributed by atoms with Crippen molar-refractivity contribution in [1.82, 2.24) is 15.1 Å². The van der Waals surface area contributed by atoms with Crippen LogP contribution in [0.5, 0.6) is 0 Å². The Morgan fingerprint density at radius 2 is 2.25 bits per heavy atom. The van der Waals surface area contributed by atoms with Crippen molar-refractivity contribution in [2.24, 2.45) is 0 Å². The zero-order chi connectivity index (χ0) is 12.0. The van der Waals surface area contributed by atoms with Gasteiger partial charge in [0, 0.05) is 24.7 Å². The van der Waals surface area contributed by atoms with E-state index in [0.717, 1.165) is 12.8 Å². The monoisotopic (exact) mass is 243 g/mol. The molecular formula is C11H18ClN3O. The highest BCUT2D eigenvalue weighted by molar-refractivity contribution is 6.18. The first-order valence-corrected chi connectivity index (χ1v) is 6.13. The predicted octanol–water partition coefficient (Wildman–Crippen LogP) is 2.28. The van der Waals surface area contributed by atoms with E-state index in [0.29, 0.717) is 18.0 Å². The van der Waals surface area contributed by atoms with Crippen LogP contribution in [0.2, 0.25) is 0 Å². The molecule has 0 unspecified atom stereocenters. The number of H-pyrrole nitrogens is 1. The first-order valence-electron chi connectivity index (χ1n) is 5.60. The Labute approximate surface area is 101 Å². The van der Waals surface area contributed by atoms with Gasteiger partial charge in [0.25, 0.3) is 5.91 Å². The maximum absolute atomic E-state index is 12.2. The van der Waals surface area contributed by atoms with E-state index in [4.69, 9.17) is 11.6 Å². The summed E-state index contributed by atoms with van der Waals surface area (Å²) < 4.78 is 0. The van der Waals surface area contributed by atoms with Crippen molar-refractivity contribution in [1.29, 1.82) is 0 Å². The number of aromatic amines is 1. The van der Waals surface area contributed by atoms with E-state index in [-0.39, 0.29) is 11.9 Å². The van der Waals surface area contributed by atoms with Crippen LogP contribution in [0.25, 0.3) is 0 Å². The molecule has 0 radical (unpaired) electrons. The van der Waals surface area contributed by atoms with Crippen molar-refractivity contribution < 1.29 is 4.79 Å². The molecule has 1 N–H and O–H groups in total. The molecule has 0 spiro atoms. The van der Waals surface area contributed by atoms with Gasteiger partial charge in [-0.25, -0.2) is 0 Å². The molecule has 1 aromatic heterocycles. The average Bonchev–Trinajstić information content (AvgIpc) is 2.82. The second-order valence-corrected chi connectivity index (χ2v) is 4.02. The minimum Gasteiger partial charge on any atom is -0.334 e. The van der Waals surface area contributed by atoms with Gasteiger partial charge in [0.2, 0.25) is 0 Å². The molecule has 90 valence electrons. The lowest BCUT2D eigenvalue weighted by molar-refractivity contribution is 0.0681. The maximum Gasteiger partial charge on any atom is 0.257 e. The van der Waals surface area contributed by atoms with Crippen LogP contribution < -0.4 is 0 Å². The van der Waals surface area contributed by atoms with Crippen molar-refractivity contribution >= 4 is 17.5 Å². The molecule has 1 rings (SSSR count). The number of hydrogen-bond donors (Lipinski definition) is 1. The summed E-state index contributed by atoms with van der Waals surface area (Å²) >= 11 is 5.74. The van der Waals surface area contributed by atoms with E-state index in [1.165, 1.54) is 0 Å². The number of aromatic nitrogens is 2. The number of carbonyl (C=O) groups excluding carboxylic acids is 1. The highest BCUT2D eigenvalue weighted by Gasteiger charge is 2.22. The van der Waals surface area contributed by atoms with Crippen LogP contribution in [0.4, 0.5) is 0 Å². The van der Waals surface area contributed by atoms with E-state index in [2.05, 4.69) is 24.0 Å². The molecule has 16 heavy (non-hydrogen) atoms. The SMILES string of the molecule is CCC(CC)N(CCCl)C(=O)c1cn[nH]c1. The number of nitrogens with one attached hydrogen (secondary N) is 1. The lowest BCUT2D eigenvalue weighted by Gasteiger charge is -2.29. The van der Waals surface area contributed by atoms with E-state index >= 15 is 0 Å². The van der Waals surface area contributed by atoms with Crippen molar-refractivity contribution in [3.05, 3.63) is 18.0 Å². The fourth-order valence-corrected chi connectivity index (χ4v) is 1.99. The Hall–Kier alpha value is -1.03. The normalized spacial score (nSPS) is 10.8. The van der Waals surface area contributed by atoms with Gasteiger partial charge in [0.1, 0.15) is 0 Å². The Morgan fingerprint density at radius 3 is 2.69 bits per heavy atom. The quantitative estimate of drug-likeness (QED) is 0.780. The third-order valence-electron chi connectivity index (χ3n) is 2.71. The minimum absolute atomic E-state index is 0.00287. The van der Waals surface area contributed by atoms with Gasteiger partial charge in [-0.3, -0.25) is 9.89 Å². The van der Waals surface area contributed by atoms with Crippen LogP contribution >= 0.6 is 11.6 Å². The number of carbonyl (C=O) groups is 1. The highest BCUT2D eigenvalue weighted by atomic mass is 35.5. The third-order valence-corrected chi connectivity index (χ3v) is 2.88. The van der Waals surface area contributed by atoms with Crippen LogP contribution in [-0.2, 0) is 0 Å². The largest absolute Gasteiger partial charge is 0.334 e. The summed E-state index contributed by atoms with van der Waals surface area (Å²) in [4.78, 5) is 14.0. The predicted molar refractivity (Wildman–Crippen MR) is 64.7 cm³/mol. The average molecular weight is 244 g/mol. The molecule has 0 aliphatic heterocycles. The summed E-state index contributed by atoms with van der Waals surface area (Å²) in [6.45, 7) is 4.74. The third kappa shape index (κ3) is 2.98. The molecule has 0 fully saturated rings. The number of amides is 1. The molecule has 1 aromatic rings. The van der Waals surface area contributed by atoms with E-state index in [1.807, 2.05) is 4.90 Å². The summed E-state index contributed by atoms with van der Waals surface area (Å²) in [6, 6.07) is 0.251. The Balaban J connectivity index is 2.80. The van der Waals surface area contributed by atoms with Gasteiger partial charge in [0.15, 0.2) is 0 Å². The second-order valence-electron chi connectivity index (χ2n) is 3.64. The molecular weight excluding hydrogens is 226 g/mol. The standard InChI is InChI=1S/C11H18ClN3O/c1-3-10(4-2)15(6-5-12)11(16)9-7-13-14-8-9/h7-8,10H,3-6H2,1-2H3,(H,13,14). The Morgan fingerprint density at radius 1 is 1.56 bits per heavy atom. The molecule has 1 amide bonds. The van der Waals surface area contributed by atoms with Crippen LogP contribution in [-0.4, -0.2) is 39.5 Å². The van der Waals surface area contributed by atoms with Gasteiger partial charge in [-0.15, -0.1) is 11.6 Å². The Kier molecular flexibility index (Phi) is 5.32. The number of hydrogen-bond acceptors (Lipinski definition) is 2. The van der Waals surface area contributed by atoms with Gasteiger partial charge in [0.05, 0.1) is 11.8 Å². The van der Waals surface area contributed by atoms with Gasteiger partial charge in [-0.2, -0.15) is 5.10 Å². The summed E-state index contributed by atoms with van der Waals surface area (Å²) in [7, 11) is 0. The number of rotatable bonds is 6. The summed E-state index contributed by atoms with van der Waals surface area (Å²) in [5, 5.41) is 6.44. The highest BCUT2D eigenvalue weighted by Crippen LogP contribution is 2.13. The van der Waals surface area contributed by atoms with E-state index in [1.54, 1.807) is 12.4 Å². The molecule has 1 heterocycles. The zero-order valence-corrected chi connectivity index (χ0v) is 10.5. The van der Waals surface area contributed by atoms with E-state index in [9.17, 15) is 4.79 Å². The van der Waals surface area contributed by atoms with Crippen LogP contribution in [0.3, 0.4) is 0 Å². The van der Waals surface area contributed by atoms with Gasteiger partial charge < -0.3 is 4.90 Å². The topological polar surface area (TPSA) is 49.0 Å². The molecule has 4 nitrogen and oxygen atoms in total. The smallest absolute Gasteiger partial charge is 0.257 e. The second kappa shape index (κ2) is 6.53. The Bertz CT molecular complexity index is 309. The number of nitrogens with zero attached hydrogens (tertiary/aromatic N) is 2. The van der Waals surface area contributed by atoms with Crippen molar-refractivity contribution in [3.63, 3.8) is 0 Å². The van der Waals surface area contributed by atoms with Crippen LogP contribution in [0.1, 0.15) is 37.0 Å². The van der Waals surface area contributed by atoms with Gasteiger partial charge in [-0.1, -0.05) is 13.8 Å². The van der Waals surface area contributed by atoms with Crippen molar-refractivity contribution in [3.8, 4) is 0 Å². The molecule has 0 saturated carbocycles. The first kappa shape index (κ1) is 13.0. The lowest BCUT2D eigenvalue weighted by atomic mass is 10.1. The molecule has 0 saturated heterocycles. The fraction of sp³-hybridized carbons (Fsp3) is 0.636. The molecule has 0 atom stereocenters. The van der Waals surface area contributed by atoms with Gasteiger partial charge >= 0.3 is 0 Å². The lowest BCUT2D eigenvalue weighted by Crippen LogP contribution is -2.40. The number of halogens is 1. The molecule has 5 heteroatoms. The zero-order valence-electron chi connectivity index (χ0n) is 9.74. The van der Waals surface area contributed by atoms with Crippen molar-refractivity contribution in [2.75, 3.05) is 12.4 Å². The van der Waals surface area contributed by atoms with Crippen LogP contribution in [0.15, 0.2) is 12.4 Å². The molecule has 0 aliphatic rings. The summed E-state index contributed by atoms with van der Waals surface area (Å²) in [5.41, 5.74) is 0.594. The summed E-state index contributed by atoms with van der Waals surface area (Å²) in [6.07, 6.45) is 5.05. The summed E-state index contributed by atoms with van der Waals surface area (Å²) in [5.74, 6) is 0.461. The fourth-order valence-electron chi connectivity index (χ4n) is 1.80.